The van der Waals surface area contributed by atoms with Crippen molar-refractivity contribution in [2.75, 3.05) is 6.54 Å². The molecule has 0 spiro atoms. The maximum atomic E-state index is 13.2. The van der Waals surface area contributed by atoms with Crippen LogP contribution in [0.4, 0.5) is 4.79 Å². The van der Waals surface area contributed by atoms with Crippen LogP contribution in [-0.2, 0) is 21.2 Å². The van der Waals surface area contributed by atoms with Gasteiger partial charge in [0.05, 0.1) is 9.95 Å². The number of nitrogens with zero attached hydrogens (tertiary/aromatic N) is 1. The van der Waals surface area contributed by atoms with Gasteiger partial charge in [-0.05, 0) is 68.8 Å². The van der Waals surface area contributed by atoms with Gasteiger partial charge in [-0.15, -0.1) is 11.3 Å². The molecule has 4 N–H and O–H groups in total. The van der Waals surface area contributed by atoms with E-state index in [1.54, 1.807) is 6.07 Å². The predicted octanol–water partition coefficient (Wildman–Crippen LogP) is 4.51. The lowest BCUT2D eigenvalue weighted by molar-refractivity contribution is 0.00835. The van der Waals surface area contributed by atoms with Gasteiger partial charge < -0.3 is 20.8 Å². The van der Waals surface area contributed by atoms with E-state index in [-0.39, 0.29) is 10.8 Å². The Bertz CT molecular complexity index is 1210. The van der Waals surface area contributed by atoms with Gasteiger partial charge in [-0.2, -0.15) is 4.31 Å². The third kappa shape index (κ3) is 5.05. The monoisotopic (exact) mass is 604 g/mol. The number of carbonyl (C=O) groups is 1. The summed E-state index contributed by atoms with van der Waals surface area (Å²) >= 11 is 7.77. The maximum absolute atomic E-state index is 13.2. The van der Waals surface area contributed by atoms with E-state index in [2.05, 4.69) is 42.2 Å². The van der Waals surface area contributed by atoms with Crippen LogP contribution in [0.3, 0.4) is 0 Å². The fourth-order valence-corrected chi connectivity index (χ4v) is 8.26. The molecule has 2 atom stereocenters. The molecule has 1 saturated heterocycles. The molecule has 1 amide bonds. The Morgan fingerprint density at radius 1 is 1.34 bits per heavy atom. The Kier molecular flexibility index (Phi) is 7.27. The molecule has 2 aromatic heterocycles. The van der Waals surface area contributed by atoms with Crippen LogP contribution in [0.25, 0.3) is 10.9 Å². The number of nitrogens with one attached hydrogen (secondary N) is 2. The maximum Gasteiger partial charge on any atom is 0.409 e. The highest BCUT2D eigenvalue weighted by Crippen LogP contribution is 2.37. The molecule has 0 bridgehead atoms. The minimum atomic E-state index is -3.80. The number of hydrogen-bond donors (Lipinski definition) is 3. The van der Waals surface area contributed by atoms with Crippen molar-refractivity contribution in [2.45, 2.75) is 42.3 Å². The van der Waals surface area contributed by atoms with Gasteiger partial charge in [-0.1, -0.05) is 18.2 Å². The lowest BCUT2D eigenvalue weighted by Gasteiger charge is -2.33. The molecule has 8 nitrogen and oxygen atoms in total. The lowest BCUT2D eigenvalue weighted by Crippen LogP contribution is -2.50. The van der Waals surface area contributed by atoms with Crippen molar-refractivity contribution in [2.24, 2.45) is 5.73 Å². The molecule has 1 aromatic carbocycles. The van der Waals surface area contributed by atoms with E-state index in [1.807, 2.05) is 30.5 Å². The highest BCUT2D eigenvalue weighted by Gasteiger charge is 2.37. The normalized spacial score (nSPS) is 18.5. The van der Waals surface area contributed by atoms with Crippen LogP contribution >= 0.6 is 43.2 Å². The number of sulfonamides is 1. The second-order valence-electron chi connectivity index (χ2n) is 7.47. The Hall–Kier alpha value is -1.44. The number of rotatable bonds is 6. The summed E-state index contributed by atoms with van der Waals surface area (Å²) in [7, 11) is -3.80. The molecule has 1 aliphatic rings. The number of fused-ring (bicyclic) bond motifs is 1. The van der Waals surface area contributed by atoms with Crippen LogP contribution in [0.1, 0.15) is 24.8 Å². The van der Waals surface area contributed by atoms with Gasteiger partial charge in [0.1, 0.15) is 4.21 Å². The van der Waals surface area contributed by atoms with Gasteiger partial charge >= 0.3 is 6.09 Å². The van der Waals surface area contributed by atoms with Crippen molar-refractivity contribution in [1.82, 2.24) is 14.6 Å². The Morgan fingerprint density at radius 2 is 2.12 bits per heavy atom. The minimum absolute atomic E-state index is 0.184. The third-order valence-corrected chi connectivity index (χ3v) is 10.8. The van der Waals surface area contributed by atoms with E-state index in [9.17, 15) is 13.2 Å². The second-order valence-corrected chi connectivity index (χ2v) is 12.8. The number of piperidine rings is 1. The highest BCUT2D eigenvalue weighted by molar-refractivity contribution is 9.13. The van der Waals surface area contributed by atoms with Crippen LogP contribution in [0.15, 0.2) is 49.0 Å². The van der Waals surface area contributed by atoms with E-state index in [0.717, 1.165) is 34.2 Å². The van der Waals surface area contributed by atoms with Crippen molar-refractivity contribution in [3.8, 4) is 0 Å². The van der Waals surface area contributed by atoms with E-state index in [0.29, 0.717) is 27.5 Å². The van der Waals surface area contributed by atoms with Crippen LogP contribution in [0, 0.1) is 0 Å². The van der Waals surface area contributed by atoms with Crippen molar-refractivity contribution < 1.29 is 17.9 Å². The number of carbonyl (C=O) groups excluding carboxylic acids is 1. The van der Waals surface area contributed by atoms with Crippen LogP contribution in [0.2, 0.25) is 0 Å². The summed E-state index contributed by atoms with van der Waals surface area (Å²) in [4.78, 5) is 15.7. The molecule has 3 aromatic rings. The number of nitrogens with two attached hydrogens (primary N) is 1. The molecule has 0 saturated carbocycles. The molecular formula is C20H22Br2N4O4S2. The molecule has 32 heavy (non-hydrogen) atoms. The number of amides is 1. The van der Waals surface area contributed by atoms with Gasteiger partial charge in [-0.3, -0.25) is 0 Å². The standard InChI is InChI=1S/C20H22Br2N4O4S2/c21-14-10-18(31-19(14)22)32(28,29)26-8-4-3-7-17(26)30-20(27)25-16(23)9-12-11-24-15-6-2-1-5-13(12)15/h1-2,5-6,10-11,16-17,24H,3-4,7-9,23H2,(H,25,27)/t16-,17-/m0/s1. The summed E-state index contributed by atoms with van der Waals surface area (Å²) < 4.78 is 34.6. The zero-order chi connectivity index (χ0) is 22.9. The number of alkyl carbamates (subject to hydrolysis) is 1. The predicted molar refractivity (Wildman–Crippen MR) is 131 cm³/mol. The van der Waals surface area contributed by atoms with Gasteiger partial charge in [0.15, 0.2) is 6.23 Å². The Balaban J connectivity index is 1.41. The van der Waals surface area contributed by atoms with Crippen LogP contribution in [-0.4, -0.2) is 42.7 Å². The number of aromatic nitrogens is 1. The molecule has 1 fully saturated rings. The molecule has 172 valence electrons. The quantitative estimate of drug-likeness (QED) is 0.357. The first kappa shape index (κ1) is 23.7. The van der Waals surface area contributed by atoms with Crippen molar-refractivity contribution >= 4 is 70.2 Å². The molecule has 0 radical (unpaired) electrons. The van der Waals surface area contributed by atoms with Crippen LogP contribution < -0.4 is 11.1 Å². The second kappa shape index (κ2) is 9.82. The van der Waals surface area contributed by atoms with Gasteiger partial charge in [0.2, 0.25) is 0 Å². The summed E-state index contributed by atoms with van der Waals surface area (Å²) in [6.07, 6.45) is 1.87. The molecule has 0 unspecified atom stereocenters. The smallest absolute Gasteiger partial charge is 0.409 e. The Morgan fingerprint density at radius 3 is 2.88 bits per heavy atom. The fourth-order valence-electron chi connectivity index (χ4n) is 3.73. The van der Waals surface area contributed by atoms with Gasteiger partial charge in [-0.25, -0.2) is 13.2 Å². The highest BCUT2D eigenvalue weighted by atomic mass is 79.9. The topological polar surface area (TPSA) is 118 Å². The number of aromatic amines is 1. The Labute approximate surface area is 206 Å². The molecule has 12 heteroatoms. The molecule has 0 aliphatic carbocycles. The first-order valence-corrected chi connectivity index (χ1v) is 13.8. The number of hydrogen-bond acceptors (Lipinski definition) is 6. The van der Waals surface area contributed by atoms with Crippen molar-refractivity contribution in [3.63, 3.8) is 0 Å². The number of thiophene rings is 1. The van der Waals surface area contributed by atoms with Gasteiger partial charge in [0, 0.05) is 34.5 Å². The van der Waals surface area contributed by atoms with E-state index in [1.165, 1.54) is 4.31 Å². The summed E-state index contributed by atoms with van der Waals surface area (Å²) in [6, 6.07) is 9.38. The van der Waals surface area contributed by atoms with Crippen molar-refractivity contribution in [1.29, 1.82) is 0 Å². The van der Waals surface area contributed by atoms with E-state index in [4.69, 9.17) is 10.5 Å². The number of halogens is 2. The average molecular weight is 606 g/mol. The third-order valence-electron chi connectivity index (χ3n) is 5.25. The molecular weight excluding hydrogens is 584 g/mol. The molecule has 3 heterocycles. The summed E-state index contributed by atoms with van der Waals surface area (Å²) in [5, 5.41) is 3.66. The van der Waals surface area contributed by atoms with Crippen LogP contribution in [0.5, 0.6) is 0 Å². The molecule has 1 aliphatic heterocycles. The lowest BCUT2D eigenvalue weighted by atomic mass is 10.1. The zero-order valence-corrected chi connectivity index (χ0v) is 21.7. The zero-order valence-electron chi connectivity index (χ0n) is 16.9. The van der Waals surface area contributed by atoms with E-state index < -0.39 is 28.5 Å². The largest absolute Gasteiger partial charge is 0.429 e. The van der Waals surface area contributed by atoms with Crippen molar-refractivity contribution in [3.05, 3.63) is 50.4 Å². The number of H-pyrrole nitrogens is 1. The SMILES string of the molecule is N[C@H](Cc1c[nH]c2ccccc12)NC(=O)O[C@H]1CCCCN1S(=O)(=O)c1cc(Br)c(Br)s1. The van der Waals surface area contributed by atoms with Gasteiger partial charge in [0.25, 0.3) is 10.0 Å². The minimum Gasteiger partial charge on any atom is -0.429 e. The first-order valence-electron chi connectivity index (χ1n) is 10.00. The summed E-state index contributed by atoms with van der Waals surface area (Å²) in [5.74, 6) is 0. The summed E-state index contributed by atoms with van der Waals surface area (Å²) in [6.45, 7) is 0.287. The number of benzene rings is 1. The average Bonchev–Trinajstić information content (AvgIpc) is 3.31. The first-order chi connectivity index (χ1) is 15.3. The number of para-hydroxylation sites is 1. The van der Waals surface area contributed by atoms with E-state index >= 15 is 0 Å². The summed E-state index contributed by atoms with van der Waals surface area (Å²) in [5.41, 5.74) is 8.10. The molecule has 4 rings (SSSR count). The number of ether oxygens (including phenoxy) is 1. The fraction of sp³-hybridized carbons (Fsp3) is 0.350.